The van der Waals surface area contributed by atoms with Crippen LogP contribution in [-0.4, -0.2) is 32.7 Å². The van der Waals surface area contributed by atoms with Crippen LogP contribution in [0.25, 0.3) is 0 Å². The monoisotopic (exact) mass is 278 g/mol. The third kappa shape index (κ3) is 2.67. The van der Waals surface area contributed by atoms with E-state index in [4.69, 9.17) is 9.05 Å². The maximum Gasteiger partial charge on any atom is 0.293 e. The first-order valence-corrected chi connectivity index (χ1v) is 6.37. The number of nitrogens with zero attached hydrogens (tertiary/aromatic N) is 4. The van der Waals surface area contributed by atoms with Crippen LogP contribution in [0.5, 0.6) is 0 Å². The van der Waals surface area contributed by atoms with Crippen LogP contribution in [0.2, 0.25) is 0 Å². The maximum absolute atomic E-state index is 11.8. The van der Waals surface area contributed by atoms with Gasteiger partial charge in [0.05, 0.1) is 12.6 Å². The Kier molecular flexibility index (Phi) is 3.42. The topological polar surface area (TPSA) is 119 Å². The molecule has 1 fully saturated rings. The van der Waals surface area contributed by atoms with Crippen LogP contribution in [0.4, 0.5) is 0 Å². The highest BCUT2D eigenvalue weighted by atomic mass is 16.5. The predicted octanol–water partition coefficient (Wildman–Crippen LogP) is 0.116. The Labute approximate surface area is 114 Å². The predicted molar refractivity (Wildman–Crippen MR) is 64.5 cm³/mol. The van der Waals surface area contributed by atoms with Crippen LogP contribution in [0, 0.1) is 6.92 Å². The Morgan fingerprint density at radius 2 is 2.30 bits per heavy atom. The molecular weight excluding hydrogens is 264 g/mol. The van der Waals surface area contributed by atoms with Crippen LogP contribution in [0.15, 0.2) is 9.05 Å². The Morgan fingerprint density at radius 3 is 3.00 bits per heavy atom. The highest BCUT2D eigenvalue weighted by Gasteiger charge is 2.24. The Morgan fingerprint density at radius 1 is 1.40 bits per heavy atom. The second-order valence-electron chi connectivity index (χ2n) is 4.52. The van der Waals surface area contributed by atoms with Crippen LogP contribution in [-0.2, 0) is 6.54 Å². The van der Waals surface area contributed by atoms with E-state index in [1.54, 1.807) is 6.92 Å². The van der Waals surface area contributed by atoms with Gasteiger partial charge >= 0.3 is 0 Å². The van der Waals surface area contributed by atoms with Gasteiger partial charge in [-0.2, -0.15) is 9.97 Å². The number of hydrogen-bond donors (Lipinski definition) is 2. The molecule has 0 bridgehead atoms. The molecule has 3 rings (SSSR count). The molecule has 0 radical (unpaired) electrons. The summed E-state index contributed by atoms with van der Waals surface area (Å²) in [5.41, 5.74) is 0. The minimum Gasteiger partial charge on any atom is -0.340 e. The van der Waals surface area contributed by atoms with Gasteiger partial charge in [0, 0.05) is 0 Å². The lowest BCUT2D eigenvalue weighted by Crippen LogP contribution is -2.24. The van der Waals surface area contributed by atoms with Gasteiger partial charge < -0.3 is 19.7 Å². The van der Waals surface area contributed by atoms with Crippen molar-refractivity contribution in [2.45, 2.75) is 32.4 Å². The van der Waals surface area contributed by atoms with Crippen molar-refractivity contribution in [1.82, 2.24) is 30.9 Å². The average Bonchev–Trinajstić information content (AvgIpc) is 3.16. The molecule has 0 aromatic carbocycles. The summed E-state index contributed by atoms with van der Waals surface area (Å²) >= 11 is 0. The van der Waals surface area contributed by atoms with E-state index < -0.39 is 5.91 Å². The quantitative estimate of drug-likeness (QED) is 0.809. The minimum absolute atomic E-state index is 0.00457. The van der Waals surface area contributed by atoms with Gasteiger partial charge in [0.15, 0.2) is 5.82 Å². The number of aryl methyl sites for hydroxylation is 1. The third-order valence-corrected chi connectivity index (χ3v) is 2.97. The van der Waals surface area contributed by atoms with Gasteiger partial charge in [-0.05, 0) is 26.3 Å². The molecule has 1 aliphatic heterocycles. The van der Waals surface area contributed by atoms with Gasteiger partial charge in [0.1, 0.15) is 0 Å². The second kappa shape index (κ2) is 5.37. The summed E-state index contributed by atoms with van der Waals surface area (Å²) in [6, 6.07) is 0.0441. The van der Waals surface area contributed by atoms with Crippen molar-refractivity contribution < 1.29 is 13.8 Å². The van der Waals surface area contributed by atoms with Crippen molar-refractivity contribution in [2.75, 3.05) is 6.54 Å². The Hall–Kier alpha value is -2.29. The van der Waals surface area contributed by atoms with Crippen LogP contribution in [0.3, 0.4) is 0 Å². The second-order valence-corrected chi connectivity index (χ2v) is 4.52. The molecule has 106 valence electrons. The number of hydrogen-bond acceptors (Lipinski definition) is 8. The van der Waals surface area contributed by atoms with E-state index in [1.165, 1.54) is 0 Å². The van der Waals surface area contributed by atoms with E-state index in [9.17, 15) is 4.79 Å². The normalized spacial score (nSPS) is 18.4. The largest absolute Gasteiger partial charge is 0.340 e. The summed E-state index contributed by atoms with van der Waals surface area (Å²) in [6.07, 6.45) is 2.00. The summed E-state index contributed by atoms with van der Waals surface area (Å²) in [4.78, 5) is 19.9. The molecule has 0 saturated carbocycles. The molecular formula is C11H14N6O3. The van der Waals surface area contributed by atoms with Crippen LogP contribution >= 0.6 is 0 Å². The molecule has 9 nitrogen and oxygen atoms in total. The summed E-state index contributed by atoms with van der Waals surface area (Å²) < 4.78 is 9.98. The molecule has 3 heterocycles. The molecule has 20 heavy (non-hydrogen) atoms. The number of carbonyl (C=O) groups excluding carboxylic acids is 1. The number of aromatic nitrogens is 4. The molecule has 1 atom stereocenters. The summed E-state index contributed by atoms with van der Waals surface area (Å²) in [6.45, 7) is 2.76. The van der Waals surface area contributed by atoms with Crippen molar-refractivity contribution in [3.63, 3.8) is 0 Å². The molecule has 1 unspecified atom stereocenters. The molecule has 2 N–H and O–H groups in total. The van der Waals surface area contributed by atoms with Crippen LogP contribution in [0.1, 0.15) is 47.1 Å². The van der Waals surface area contributed by atoms with Gasteiger partial charge in [-0.1, -0.05) is 10.3 Å². The standard InChI is InChI=1S/C11H14N6O3/c1-6-14-8(19-16-6)5-13-10(18)9-15-11(20-17-9)7-3-2-4-12-7/h7,12H,2-5H2,1H3,(H,13,18). The van der Waals surface area contributed by atoms with E-state index in [2.05, 4.69) is 30.9 Å². The number of amides is 1. The van der Waals surface area contributed by atoms with Crippen molar-refractivity contribution in [1.29, 1.82) is 0 Å². The zero-order valence-corrected chi connectivity index (χ0v) is 10.9. The van der Waals surface area contributed by atoms with Crippen molar-refractivity contribution in [3.8, 4) is 0 Å². The first-order valence-electron chi connectivity index (χ1n) is 6.37. The first kappa shape index (κ1) is 12.7. The van der Waals surface area contributed by atoms with Gasteiger partial charge in [0.2, 0.25) is 11.8 Å². The molecule has 1 amide bonds. The number of nitrogens with one attached hydrogen (secondary N) is 2. The fourth-order valence-corrected chi connectivity index (χ4v) is 2.01. The van der Waals surface area contributed by atoms with E-state index in [1.807, 2.05) is 0 Å². The van der Waals surface area contributed by atoms with Crippen molar-refractivity contribution >= 4 is 5.91 Å². The highest BCUT2D eigenvalue weighted by molar-refractivity contribution is 5.90. The lowest BCUT2D eigenvalue weighted by molar-refractivity contribution is 0.0933. The maximum atomic E-state index is 11.8. The van der Waals surface area contributed by atoms with Gasteiger partial charge in [-0.15, -0.1) is 0 Å². The SMILES string of the molecule is Cc1noc(CNC(=O)c2noc(C3CCCN3)n2)n1. The highest BCUT2D eigenvalue weighted by Crippen LogP contribution is 2.20. The molecule has 2 aromatic rings. The van der Waals surface area contributed by atoms with Gasteiger partial charge in [0.25, 0.3) is 11.7 Å². The lowest BCUT2D eigenvalue weighted by Gasteiger charge is -2.01. The molecule has 1 saturated heterocycles. The average molecular weight is 278 g/mol. The molecule has 2 aromatic heterocycles. The van der Waals surface area contributed by atoms with Gasteiger partial charge in [-0.3, -0.25) is 4.79 Å². The van der Waals surface area contributed by atoms with E-state index >= 15 is 0 Å². The lowest BCUT2D eigenvalue weighted by atomic mass is 10.2. The minimum atomic E-state index is -0.436. The zero-order valence-electron chi connectivity index (χ0n) is 10.9. The fraction of sp³-hybridized carbons (Fsp3) is 0.545. The van der Waals surface area contributed by atoms with Crippen LogP contribution < -0.4 is 10.6 Å². The summed E-state index contributed by atoms with van der Waals surface area (Å²) in [5.74, 6) is 0.862. The third-order valence-electron chi connectivity index (χ3n) is 2.97. The molecule has 1 aliphatic rings. The van der Waals surface area contributed by atoms with E-state index in [-0.39, 0.29) is 18.4 Å². The zero-order chi connectivity index (χ0) is 13.9. The summed E-state index contributed by atoms with van der Waals surface area (Å²) in [5, 5.41) is 13.1. The molecule has 0 spiro atoms. The fourth-order valence-electron chi connectivity index (χ4n) is 2.01. The van der Waals surface area contributed by atoms with Crippen molar-refractivity contribution in [3.05, 3.63) is 23.4 Å². The smallest absolute Gasteiger partial charge is 0.293 e. The number of carbonyl (C=O) groups is 1. The molecule has 9 heteroatoms. The van der Waals surface area contributed by atoms with Crippen molar-refractivity contribution in [2.24, 2.45) is 0 Å². The summed E-state index contributed by atoms with van der Waals surface area (Å²) in [7, 11) is 0. The van der Waals surface area contributed by atoms with Gasteiger partial charge in [-0.25, -0.2) is 0 Å². The van der Waals surface area contributed by atoms with E-state index in [0.717, 1.165) is 19.4 Å². The Balaban J connectivity index is 1.59. The van der Waals surface area contributed by atoms with E-state index in [0.29, 0.717) is 17.6 Å². The molecule has 0 aliphatic carbocycles. The Bertz CT molecular complexity index is 601. The first-order chi connectivity index (χ1) is 9.72. The number of rotatable bonds is 4.